The van der Waals surface area contributed by atoms with Gasteiger partial charge >= 0.3 is 6.18 Å². The summed E-state index contributed by atoms with van der Waals surface area (Å²) in [6, 6.07) is 14.7. The van der Waals surface area contributed by atoms with Gasteiger partial charge in [-0.1, -0.05) is 42.5 Å². The zero-order chi connectivity index (χ0) is 27.6. The standard InChI is InChI=1S/C29H20BrF3N2O4/c1-39-22-13-11-16(14-18(22)30)26(36)25-24-23(21-12-10-15-6-2-4-8-19(15)34(21)25)27(37)35(28(24)38)20-9-5-3-7-17(20)29(31,32)33/h2-14,21,23-25H,1H3/t21-,23-,24+,25+/m1/s1. The number of hydrogen-bond donors (Lipinski definition) is 0. The predicted octanol–water partition coefficient (Wildman–Crippen LogP) is 5.75. The highest BCUT2D eigenvalue weighted by molar-refractivity contribution is 9.10. The van der Waals surface area contributed by atoms with Gasteiger partial charge < -0.3 is 9.64 Å². The number of benzene rings is 3. The monoisotopic (exact) mass is 596 g/mol. The normalized spacial score (nSPS) is 23.5. The Labute approximate surface area is 229 Å². The number of Topliss-reactive ketones (excluding diaryl/α,β-unsaturated/α-hetero) is 1. The minimum atomic E-state index is -4.78. The summed E-state index contributed by atoms with van der Waals surface area (Å²) in [5, 5.41) is 0. The molecular weight excluding hydrogens is 577 g/mol. The molecule has 3 aromatic carbocycles. The number of amides is 2. The average Bonchev–Trinajstić information content (AvgIpc) is 3.40. The quantitative estimate of drug-likeness (QED) is 0.283. The van der Waals surface area contributed by atoms with Crippen LogP contribution in [0, 0.1) is 11.8 Å². The van der Waals surface area contributed by atoms with Gasteiger partial charge in [0.25, 0.3) is 0 Å². The predicted molar refractivity (Wildman–Crippen MR) is 141 cm³/mol. The Morgan fingerprint density at radius 2 is 1.59 bits per heavy atom. The van der Waals surface area contributed by atoms with Crippen LogP contribution in [0.15, 0.2) is 77.3 Å². The number of fused-ring (bicyclic) bond motifs is 5. The lowest BCUT2D eigenvalue weighted by atomic mass is 9.86. The van der Waals surface area contributed by atoms with Gasteiger partial charge in [-0.2, -0.15) is 13.2 Å². The first-order valence-electron chi connectivity index (χ1n) is 12.1. The molecule has 3 aliphatic heterocycles. The van der Waals surface area contributed by atoms with Crippen molar-refractivity contribution in [1.82, 2.24) is 0 Å². The lowest BCUT2D eigenvalue weighted by Gasteiger charge is -2.36. The van der Waals surface area contributed by atoms with E-state index < -0.39 is 58.9 Å². The number of ether oxygens (including phenoxy) is 1. The second-order valence-electron chi connectivity index (χ2n) is 9.55. The molecular formula is C29H20BrF3N2O4. The number of ketones is 1. The van der Waals surface area contributed by atoms with Crippen LogP contribution >= 0.6 is 15.9 Å². The number of halogens is 4. The average molecular weight is 597 g/mol. The number of hydrogen-bond acceptors (Lipinski definition) is 5. The van der Waals surface area contributed by atoms with E-state index in [1.54, 1.807) is 35.2 Å². The van der Waals surface area contributed by atoms with Crippen molar-refractivity contribution in [3.63, 3.8) is 0 Å². The van der Waals surface area contributed by atoms with Crippen molar-refractivity contribution in [2.24, 2.45) is 11.8 Å². The first kappa shape index (κ1) is 25.4. The van der Waals surface area contributed by atoms with E-state index in [0.717, 1.165) is 17.7 Å². The molecule has 4 atom stereocenters. The molecule has 3 heterocycles. The molecule has 0 spiro atoms. The van der Waals surface area contributed by atoms with E-state index in [9.17, 15) is 27.6 Å². The topological polar surface area (TPSA) is 66.9 Å². The smallest absolute Gasteiger partial charge is 0.418 e. The Bertz CT molecular complexity index is 1570. The molecule has 0 unspecified atom stereocenters. The molecule has 3 aromatic rings. The molecule has 198 valence electrons. The number of carbonyl (C=O) groups excluding carboxylic acids is 3. The molecule has 3 aliphatic rings. The summed E-state index contributed by atoms with van der Waals surface area (Å²) < 4.78 is 47.4. The van der Waals surface area contributed by atoms with Gasteiger partial charge in [0.1, 0.15) is 11.8 Å². The largest absolute Gasteiger partial charge is 0.496 e. The molecule has 0 aromatic heterocycles. The van der Waals surface area contributed by atoms with Gasteiger partial charge in [-0.05, 0) is 57.9 Å². The summed E-state index contributed by atoms with van der Waals surface area (Å²) in [6.07, 6.45) is -1.22. The van der Waals surface area contributed by atoms with Gasteiger partial charge in [-0.15, -0.1) is 0 Å². The molecule has 0 N–H and O–H groups in total. The lowest BCUT2D eigenvalue weighted by molar-refractivity contribution is -0.137. The fourth-order valence-corrected chi connectivity index (χ4v) is 6.49. The highest BCUT2D eigenvalue weighted by Crippen LogP contribution is 2.51. The first-order valence-corrected chi connectivity index (χ1v) is 12.9. The number of anilines is 2. The fraction of sp³-hybridized carbons (Fsp3) is 0.207. The van der Waals surface area contributed by atoms with Crippen LogP contribution in [0.2, 0.25) is 0 Å². The third kappa shape index (κ3) is 3.80. The Balaban J connectivity index is 1.50. The van der Waals surface area contributed by atoms with Gasteiger partial charge in [0.05, 0.1) is 40.7 Å². The Hall–Kier alpha value is -3.92. The number of imide groups is 1. The van der Waals surface area contributed by atoms with Gasteiger partial charge in [0.15, 0.2) is 5.78 Å². The van der Waals surface area contributed by atoms with Crippen molar-refractivity contribution in [2.45, 2.75) is 18.3 Å². The van der Waals surface area contributed by atoms with Gasteiger partial charge in [-0.3, -0.25) is 14.4 Å². The maximum atomic E-state index is 14.1. The Kier molecular flexibility index (Phi) is 5.91. The number of alkyl halides is 3. The van der Waals surface area contributed by atoms with Crippen LogP contribution in [-0.4, -0.2) is 36.8 Å². The van der Waals surface area contributed by atoms with Crippen molar-refractivity contribution in [3.05, 3.63) is 94.0 Å². The third-order valence-electron chi connectivity index (χ3n) is 7.57. The van der Waals surface area contributed by atoms with E-state index in [0.29, 0.717) is 20.8 Å². The molecule has 2 fully saturated rings. The molecule has 2 amide bonds. The third-order valence-corrected chi connectivity index (χ3v) is 8.19. The lowest BCUT2D eigenvalue weighted by Crippen LogP contribution is -2.49. The van der Waals surface area contributed by atoms with E-state index in [1.165, 1.54) is 19.2 Å². The first-order chi connectivity index (χ1) is 18.6. The van der Waals surface area contributed by atoms with Crippen molar-refractivity contribution < 1.29 is 32.3 Å². The fourth-order valence-electron chi connectivity index (χ4n) is 5.95. The maximum absolute atomic E-state index is 14.1. The highest BCUT2D eigenvalue weighted by atomic mass is 79.9. The summed E-state index contributed by atoms with van der Waals surface area (Å²) in [7, 11) is 1.49. The molecule has 2 saturated heterocycles. The number of rotatable bonds is 4. The Morgan fingerprint density at radius 1 is 0.923 bits per heavy atom. The number of methoxy groups -OCH3 is 1. The minimum Gasteiger partial charge on any atom is -0.496 e. The van der Waals surface area contributed by atoms with Gasteiger partial charge in [-0.25, -0.2) is 4.90 Å². The van der Waals surface area contributed by atoms with Crippen LogP contribution in [0.3, 0.4) is 0 Å². The highest BCUT2D eigenvalue weighted by Gasteiger charge is 2.64. The minimum absolute atomic E-state index is 0.272. The van der Waals surface area contributed by atoms with E-state index in [1.807, 2.05) is 24.3 Å². The van der Waals surface area contributed by atoms with Crippen molar-refractivity contribution >= 4 is 51.0 Å². The molecule has 0 bridgehead atoms. The molecule has 0 aliphatic carbocycles. The van der Waals surface area contributed by atoms with Crippen molar-refractivity contribution in [1.29, 1.82) is 0 Å². The molecule has 0 saturated carbocycles. The van der Waals surface area contributed by atoms with Crippen LogP contribution in [0.1, 0.15) is 21.5 Å². The summed E-state index contributed by atoms with van der Waals surface area (Å²) >= 11 is 3.39. The van der Waals surface area contributed by atoms with E-state index in [2.05, 4.69) is 15.9 Å². The summed E-state index contributed by atoms with van der Waals surface area (Å²) in [4.78, 5) is 44.3. The summed E-state index contributed by atoms with van der Waals surface area (Å²) in [5.74, 6) is -3.73. The molecule has 6 nitrogen and oxygen atoms in total. The number of para-hydroxylation sites is 2. The van der Waals surface area contributed by atoms with Gasteiger partial charge in [0.2, 0.25) is 11.8 Å². The molecule has 6 rings (SSSR count). The van der Waals surface area contributed by atoms with Crippen LogP contribution in [0.4, 0.5) is 24.5 Å². The maximum Gasteiger partial charge on any atom is 0.418 e. The molecule has 10 heteroatoms. The van der Waals surface area contributed by atoms with E-state index in [-0.39, 0.29) is 5.56 Å². The zero-order valence-corrected chi connectivity index (χ0v) is 21.9. The number of nitrogens with zero attached hydrogens (tertiary/aromatic N) is 2. The summed E-state index contributed by atoms with van der Waals surface area (Å²) in [6.45, 7) is 0. The zero-order valence-electron chi connectivity index (χ0n) is 20.4. The second kappa shape index (κ2) is 9.08. The van der Waals surface area contributed by atoms with Crippen LogP contribution in [-0.2, 0) is 15.8 Å². The van der Waals surface area contributed by atoms with Crippen molar-refractivity contribution in [3.8, 4) is 5.75 Å². The molecule has 0 radical (unpaired) electrons. The van der Waals surface area contributed by atoms with E-state index in [4.69, 9.17) is 4.74 Å². The van der Waals surface area contributed by atoms with Gasteiger partial charge in [0, 0.05) is 11.3 Å². The van der Waals surface area contributed by atoms with Crippen molar-refractivity contribution in [2.75, 3.05) is 16.9 Å². The van der Waals surface area contributed by atoms with Crippen LogP contribution in [0.25, 0.3) is 6.08 Å². The summed E-state index contributed by atoms with van der Waals surface area (Å²) in [5.41, 5.74) is 0.137. The SMILES string of the molecule is COc1ccc(C(=O)[C@@H]2[C@H]3C(=O)N(c4ccccc4C(F)(F)F)C(=O)[C@@H]3[C@H]3C=Cc4ccccc4N32)cc1Br. The van der Waals surface area contributed by atoms with Crippen LogP contribution in [0.5, 0.6) is 5.75 Å². The molecule has 39 heavy (non-hydrogen) atoms. The number of carbonyl (C=O) groups is 3. The Morgan fingerprint density at radius 3 is 2.28 bits per heavy atom. The van der Waals surface area contributed by atoms with Crippen LogP contribution < -0.4 is 14.5 Å². The van der Waals surface area contributed by atoms with E-state index >= 15 is 0 Å². The second-order valence-corrected chi connectivity index (χ2v) is 10.4.